The van der Waals surface area contributed by atoms with Crippen molar-refractivity contribution in [1.82, 2.24) is 0 Å². The molecular weight excluding hydrogens is 286 g/mol. The molecule has 0 fully saturated rings. The number of benzene rings is 2. The minimum atomic E-state index is -1.18. The number of carboxylic acid groups (broad SMARTS) is 1. The maximum Gasteiger partial charge on any atom is 0.336 e. The van der Waals surface area contributed by atoms with Gasteiger partial charge in [0, 0.05) is 4.47 Å². The van der Waals surface area contributed by atoms with E-state index in [1.54, 1.807) is 24.3 Å². The molecular formula is C12H8BrNO3. The highest BCUT2D eigenvalue weighted by Crippen LogP contribution is 2.29. The van der Waals surface area contributed by atoms with Crippen LogP contribution in [-0.2, 0) is 0 Å². The van der Waals surface area contributed by atoms with E-state index >= 15 is 0 Å². The Balaban J connectivity index is 2.98. The van der Waals surface area contributed by atoms with E-state index in [9.17, 15) is 9.59 Å². The van der Waals surface area contributed by atoms with Crippen LogP contribution in [0.1, 0.15) is 20.7 Å². The predicted molar refractivity (Wildman–Crippen MR) is 67.1 cm³/mol. The fourth-order valence-corrected chi connectivity index (χ4v) is 2.34. The fourth-order valence-electron chi connectivity index (χ4n) is 1.77. The number of primary amides is 1. The lowest BCUT2D eigenvalue weighted by atomic mass is 9.98. The molecule has 0 unspecified atom stereocenters. The molecule has 2 aromatic rings. The number of hydrogen-bond donors (Lipinski definition) is 2. The first kappa shape index (κ1) is 11.6. The predicted octanol–water partition coefficient (Wildman–Crippen LogP) is 2.40. The largest absolute Gasteiger partial charge is 0.478 e. The van der Waals surface area contributed by atoms with E-state index in [4.69, 9.17) is 10.8 Å². The molecule has 0 radical (unpaired) electrons. The molecule has 4 nitrogen and oxygen atoms in total. The highest BCUT2D eigenvalue weighted by Gasteiger charge is 2.19. The number of nitrogens with two attached hydrogens (primary N) is 1. The molecule has 0 saturated carbocycles. The molecule has 2 aromatic carbocycles. The molecule has 5 heteroatoms. The summed E-state index contributed by atoms with van der Waals surface area (Å²) in [6.07, 6.45) is 0. The summed E-state index contributed by atoms with van der Waals surface area (Å²) in [7, 11) is 0. The summed E-state index contributed by atoms with van der Waals surface area (Å²) in [5.74, 6) is -1.92. The monoisotopic (exact) mass is 293 g/mol. The number of aromatic carboxylic acids is 1. The summed E-state index contributed by atoms with van der Waals surface area (Å²) in [5, 5.41) is 10.4. The van der Waals surface area contributed by atoms with Crippen LogP contribution in [0.5, 0.6) is 0 Å². The lowest BCUT2D eigenvalue weighted by Gasteiger charge is -2.09. The topological polar surface area (TPSA) is 80.4 Å². The van der Waals surface area contributed by atoms with Crippen molar-refractivity contribution < 1.29 is 14.7 Å². The van der Waals surface area contributed by atoms with Crippen LogP contribution in [0.2, 0.25) is 0 Å². The molecule has 0 bridgehead atoms. The van der Waals surface area contributed by atoms with Crippen LogP contribution in [-0.4, -0.2) is 17.0 Å². The minimum Gasteiger partial charge on any atom is -0.478 e. The highest BCUT2D eigenvalue weighted by atomic mass is 79.9. The SMILES string of the molecule is NC(=O)c1c(C(=O)O)cc(Br)c2ccccc12. The number of carboxylic acids is 1. The Morgan fingerprint density at radius 2 is 1.76 bits per heavy atom. The molecule has 0 saturated heterocycles. The van der Waals surface area contributed by atoms with Crippen molar-refractivity contribution in [3.63, 3.8) is 0 Å². The van der Waals surface area contributed by atoms with Gasteiger partial charge in [0.2, 0.25) is 5.91 Å². The average molecular weight is 294 g/mol. The molecule has 0 heterocycles. The van der Waals surface area contributed by atoms with Gasteiger partial charge in [0.1, 0.15) is 0 Å². The molecule has 3 N–H and O–H groups in total. The molecule has 1 amide bonds. The number of carbonyl (C=O) groups excluding carboxylic acids is 1. The van der Waals surface area contributed by atoms with Crippen LogP contribution in [0.4, 0.5) is 0 Å². The Labute approximate surface area is 105 Å². The van der Waals surface area contributed by atoms with Crippen LogP contribution in [0.15, 0.2) is 34.8 Å². The van der Waals surface area contributed by atoms with Crippen LogP contribution in [0.3, 0.4) is 0 Å². The van der Waals surface area contributed by atoms with Crippen LogP contribution >= 0.6 is 15.9 Å². The molecule has 0 aliphatic heterocycles. The Kier molecular flexibility index (Phi) is 2.85. The Morgan fingerprint density at radius 1 is 1.18 bits per heavy atom. The summed E-state index contributed by atoms with van der Waals surface area (Å²) < 4.78 is 0.621. The third-order valence-electron chi connectivity index (χ3n) is 2.47. The lowest BCUT2D eigenvalue weighted by molar-refractivity contribution is 0.0692. The van der Waals surface area contributed by atoms with Gasteiger partial charge in [-0.3, -0.25) is 4.79 Å². The fraction of sp³-hybridized carbons (Fsp3) is 0. The summed E-state index contributed by atoms with van der Waals surface area (Å²) >= 11 is 3.28. The number of carbonyl (C=O) groups is 2. The molecule has 0 aliphatic rings. The first-order chi connectivity index (χ1) is 8.02. The second-order valence-electron chi connectivity index (χ2n) is 3.50. The second kappa shape index (κ2) is 4.18. The van der Waals surface area contributed by atoms with Gasteiger partial charge in [-0.25, -0.2) is 4.79 Å². The highest BCUT2D eigenvalue weighted by molar-refractivity contribution is 9.10. The van der Waals surface area contributed by atoms with E-state index in [0.29, 0.717) is 9.86 Å². The number of hydrogen-bond acceptors (Lipinski definition) is 2. The zero-order valence-corrected chi connectivity index (χ0v) is 10.2. The molecule has 0 aliphatic carbocycles. The van der Waals surface area contributed by atoms with Crippen molar-refractivity contribution >= 4 is 38.6 Å². The maximum absolute atomic E-state index is 11.4. The lowest BCUT2D eigenvalue weighted by Crippen LogP contribution is -2.17. The standard InChI is InChI=1S/C12H8BrNO3/c13-9-5-8(12(16)17)10(11(14)15)7-4-2-1-3-6(7)9/h1-5H,(H2,14,15)(H,16,17). The Morgan fingerprint density at radius 3 is 2.29 bits per heavy atom. The maximum atomic E-state index is 11.4. The average Bonchev–Trinajstić information content (AvgIpc) is 2.28. The van der Waals surface area contributed by atoms with Gasteiger partial charge in [-0.15, -0.1) is 0 Å². The van der Waals surface area contributed by atoms with E-state index in [-0.39, 0.29) is 11.1 Å². The van der Waals surface area contributed by atoms with Crippen molar-refractivity contribution in [2.24, 2.45) is 5.73 Å². The molecule has 17 heavy (non-hydrogen) atoms. The number of fused-ring (bicyclic) bond motifs is 1. The number of rotatable bonds is 2. The van der Waals surface area contributed by atoms with Gasteiger partial charge in [-0.1, -0.05) is 40.2 Å². The first-order valence-electron chi connectivity index (χ1n) is 4.76. The Hall–Kier alpha value is -1.88. The van der Waals surface area contributed by atoms with E-state index in [0.717, 1.165) is 5.39 Å². The van der Waals surface area contributed by atoms with E-state index in [2.05, 4.69) is 15.9 Å². The molecule has 86 valence electrons. The second-order valence-corrected chi connectivity index (χ2v) is 4.35. The van der Waals surface area contributed by atoms with E-state index in [1.807, 2.05) is 0 Å². The van der Waals surface area contributed by atoms with Gasteiger partial charge in [0.25, 0.3) is 0 Å². The van der Waals surface area contributed by atoms with Gasteiger partial charge in [-0.2, -0.15) is 0 Å². The zero-order chi connectivity index (χ0) is 12.6. The van der Waals surface area contributed by atoms with Crippen molar-refractivity contribution in [2.45, 2.75) is 0 Å². The number of amides is 1. The third-order valence-corrected chi connectivity index (χ3v) is 3.13. The van der Waals surface area contributed by atoms with Crippen LogP contribution in [0.25, 0.3) is 10.8 Å². The zero-order valence-electron chi connectivity index (χ0n) is 8.61. The van der Waals surface area contributed by atoms with Gasteiger partial charge >= 0.3 is 5.97 Å². The van der Waals surface area contributed by atoms with Crippen molar-refractivity contribution in [1.29, 1.82) is 0 Å². The summed E-state index contributed by atoms with van der Waals surface area (Å²) in [5.41, 5.74) is 5.19. The number of halogens is 1. The normalized spacial score (nSPS) is 10.4. The van der Waals surface area contributed by atoms with Crippen molar-refractivity contribution in [2.75, 3.05) is 0 Å². The summed E-state index contributed by atoms with van der Waals surface area (Å²) in [6, 6.07) is 8.39. The quantitative estimate of drug-likeness (QED) is 0.892. The van der Waals surface area contributed by atoms with Crippen molar-refractivity contribution in [3.8, 4) is 0 Å². The summed E-state index contributed by atoms with van der Waals surface area (Å²) in [6.45, 7) is 0. The van der Waals surface area contributed by atoms with Crippen LogP contribution in [0, 0.1) is 0 Å². The molecule has 0 spiro atoms. The molecule has 0 atom stereocenters. The van der Waals surface area contributed by atoms with Gasteiger partial charge in [0.05, 0.1) is 11.1 Å². The first-order valence-corrected chi connectivity index (χ1v) is 5.56. The van der Waals surface area contributed by atoms with Crippen molar-refractivity contribution in [3.05, 3.63) is 45.9 Å². The minimum absolute atomic E-state index is 0.0382. The Bertz CT molecular complexity index is 637. The summed E-state index contributed by atoms with van der Waals surface area (Å²) in [4.78, 5) is 22.5. The molecule has 0 aromatic heterocycles. The third kappa shape index (κ3) is 1.89. The molecule has 2 rings (SSSR count). The smallest absolute Gasteiger partial charge is 0.336 e. The van der Waals surface area contributed by atoms with Gasteiger partial charge in [-0.05, 0) is 16.8 Å². The van der Waals surface area contributed by atoms with Crippen LogP contribution < -0.4 is 5.73 Å². The van der Waals surface area contributed by atoms with E-state index < -0.39 is 11.9 Å². The van der Waals surface area contributed by atoms with Gasteiger partial charge in [0.15, 0.2) is 0 Å². The van der Waals surface area contributed by atoms with E-state index in [1.165, 1.54) is 6.07 Å². The van der Waals surface area contributed by atoms with Gasteiger partial charge < -0.3 is 10.8 Å².